The second-order valence-electron chi connectivity index (χ2n) is 6.63. The molecule has 1 N–H and O–H groups in total. The average Bonchev–Trinajstić information content (AvgIpc) is 2.90. The van der Waals surface area contributed by atoms with E-state index in [1.807, 2.05) is 0 Å². The number of hydrogen-bond donors (Lipinski definition) is 1. The van der Waals surface area contributed by atoms with Crippen molar-refractivity contribution in [1.82, 2.24) is 5.01 Å². The van der Waals surface area contributed by atoms with E-state index in [1.54, 1.807) is 12.1 Å². The Bertz CT molecular complexity index is 788. The van der Waals surface area contributed by atoms with Crippen molar-refractivity contribution in [2.45, 2.75) is 12.8 Å². The van der Waals surface area contributed by atoms with Gasteiger partial charge in [-0.15, -0.1) is 0 Å². The molecule has 3 aliphatic carbocycles. The number of phenolic OH excluding ortho intramolecular Hbond substituents is 1. The van der Waals surface area contributed by atoms with E-state index in [-0.39, 0.29) is 47.0 Å². The van der Waals surface area contributed by atoms with E-state index >= 15 is 0 Å². The summed E-state index contributed by atoms with van der Waals surface area (Å²) >= 11 is 3.24. The minimum atomic E-state index is -0.269. The van der Waals surface area contributed by atoms with Crippen LogP contribution in [0.15, 0.2) is 33.9 Å². The van der Waals surface area contributed by atoms with Crippen LogP contribution in [0.3, 0.4) is 0 Å². The number of aromatic hydroxyl groups is 1. The molecule has 2 amide bonds. The van der Waals surface area contributed by atoms with Crippen LogP contribution in [0.1, 0.15) is 18.4 Å². The van der Waals surface area contributed by atoms with Gasteiger partial charge in [-0.25, -0.2) is 0 Å². The highest BCUT2D eigenvalue weighted by Crippen LogP contribution is 2.49. The van der Waals surface area contributed by atoms with E-state index in [0.29, 0.717) is 10.0 Å². The Hall–Kier alpha value is -2.15. The lowest BCUT2D eigenvalue weighted by atomic mass is 9.63. The van der Waals surface area contributed by atoms with E-state index in [0.717, 1.165) is 17.9 Å². The monoisotopic (exact) mass is 404 g/mol. The quantitative estimate of drug-likeness (QED) is 0.477. The van der Waals surface area contributed by atoms with E-state index < -0.39 is 0 Å². The van der Waals surface area contributed by atoms with Gasteiger partial charge in [0.05, 0.1) is 29.6 Å². The fourth-order valence-electron chi connectivity index (χ4n) is 4.12. The fraction of sp³-hybridized carbons (Fsp3) is 0.389. The number of halogens is 1. The number of imide groups is 1. The molecule has 1 aromatic carbocycles. The molecule has 1 aromatic rings. The number of ether oxygens (including phenoxy) is 1. The minimum absolute atomic E-state index is 0.0124. The van der Waals surface area contributed by atoms with Gasteiger partial charge in [-0.05, 0) is 58.3 Å². The number of allylic oxidation sites excluding steroid dienone is 2. The van der Waals surface area contributed by atoms with Crippen LogP contribution in [0.5, 0.6) is 11.5 Å². The number of carbonyl (C=O) groups excluding carboxylic acids is 2. The first-order valence-electron chi connectivity index (χ1n) is 8.18. The van der Waals surface area contributed by atoms with Crippen molar-refractivity contribution in [3.8, 4) is 11.5 Å². The summed E-state index contributed by atoms with van der Waals surface area (Å²) in [5.41, 5.74) is 0.609. The molecule has 0 unspecified atom stereocenters. The van der Waals surface area contributed by atoms with Crippen molar-refractivity contribution in [3.05, 3.63) is 34.3 Å². The highest BCUT2D eigenvalue weighted by Gasteiger charge is 2.56. The van der Waals surface area contributed by atoms with Crippen LogP contribution < -0.4 is 4.74 Å². The van der Waals surface area contributed by atoms with E-state index in [1.165, 1.54) is 13.3 Å². The molecule has 4 aliphatic rings. The maximum Gasteiger partial charge on any atom is 0.254 e. The van der Waals surface area contributed by atoms with E-state index in [9.17, 15) is 14.7 Å². The van der Waals surface area contributed by atoms with E-state index in [2.05, 4.69) is 33.2 Å². The highest BCUT2D eigenvalue weighted by atomic mass is 79.9. The maximum atomic E-state index is 12.7. The second-order valence-corrected chi connectivity index (χ2v) is 7.48. The van der Waals surface area contributed by atoms with Gasteiger partial charge < -0.3 is 9.84 Å². The Kier molecular flexibility index (Phi) is 3.91. The predicted octanol–water partition coefficient (Wildman–Crippen LogP) is 2.69. The van der Waals surface area contributed by atoms with Crippen molar-refractivity contribution >= 4 is 34.0 Å². The van der Waals surface area contributed by atoms with Crippen LogP contribution in [0.4, 0.5) is 0 Å². The summed E-state index contributed by atoms with van der Waals surface area (Å²) in [5, 5.41) is 15.0. The summed E-state index contributed by atoms with van der Waals surface area (Å²) < 4.78 is 5.54. The molecular formula is C18H17BrN2O4. The largest absolute Gasteiger partial charge is 0.503 e. The molecule has 1 saturated carbocycles. The summed E-state index contributed by atoms with van der Waals surface area (Å²) in [6.07, 6.45) is 7.52. The first-order valence-corrected chi connectivity index (χ1v) is 8.97. The number of hydrogen-bond acceptors (Lipinski definition) is 5. The molecule has 6 nitrogen and oxygen atoms in total. The van der Waals surface area contributed by atoms with Gasteiger partial charge in [-0.3, -0.25) is 9.59 Å². The summed E-state index contributed by atoms with van der Waals surface area (Å²) in [6.45, 7) is 0. The first kappa shape index (κ1) is 16.3. The van der Waals surface area contributed by atoms with Gasteiger partial charge in [-0.1, -0.05) is 12.2 Å². The Morgan fingerprint density at radius 3 is 2.32 bits per heavy atom. The van der Waals surface area contributed by atoms with E-state index in [4.69, 9.17) is 4.74 Å². The number of fused-ring (bicyclic) bond motifs is 1. The maximum absolute atomic E-state index is 12.7. The molecule has 1 saturated heterocycles. The lowest BCUT2D eigenvalue weighted by Gasteiger charge is -2.37. The summed E-state index contributed by atoms with van der Waals surface area (Å²) in [5.74, 6) is -0.397. The molecule has 4 atom stereocenters. The van der Waals surface area contributed by atoms with Crippen LogP contribution in [-0.2, 0) is 9.59 Å². The Balaban J connectivity index is 1.62. The number of hydrazone groups is 1. The van der Waals surface area contributed by atoms with Crippen LogP contribution in [0.2, 0.25) is 0 Å². The van der Waals surface area contributed by atoms with Crippen molar-refractivity contribution in [2.75, 3.05) is 7.11 Å². The summed E-state index contributed by atoms with van der Waals surface area (Å²) in [6, 6.07) is 3.23. The zero-order valence-electron chi connectivity index (χ0n) is 13.6. The molecule has 0 radical (unpaired) electrons. The molecule has 7 heteroatoms. The van der Waals surface area contributed by atoms with Crippen LogP contribution in [0.25, 0.3) is 0 Å². The SMILES string of the molecule is COc1cc(/C=N\N2C(=O)[C@H]3[C@H](C2=O)[C@@H]2C=C[C@@H]3CC2)cc(Br)c1O. The third-order valence-electron chi connectivity index (χ3n) is 5.33. The number of nitrogens with zero attached hydrogens (tertiary/aromatic N) is 2. The third kappa shape index (κ3) is 2.49. The van der Waals surface area contributed by atoms with Gasteiger partial charge in [0.25, 0.3) is 11.8 Å². The smallest absolute Gasteiger partial charge is 0.254 e. The van der Waals surface area contributed by atoms with Gasteiger partial charge in [0, 0.05) is 0 Å². The number of carbonyl (C=O) groups is 2. The lowest BCUT2D eigenvalue weighted by Crippen LogP contribution is -2.38. The van der Waals surface area contributed by atoms with Gasteiger partial charge in [0.1, 0.15) is 0 Å². The molecule has 2 fully saturated rings. The molecular weight excluding hydrogens is 388 g/mol. The molecule has 5 rings (SSSR count). The van der Waals surface area contributed by atoms with Gasteiger partial charge in [0.15, 0.2) is 11.5 Å². The van der Waals surface area contributed by atoms with Crippen LogP contribution in [0, 0.1) is 23.7 Å². The van der Waals surface area contributed by atoms with Crippen molar-refractivity contribution in [3.63, 3.8) is 0 Å². The molecule has 1 heterocycles. The van der Waals surface area contributed by atoms with Gasteiger partial charge >= 0.3 is 0 Å². The van der Waals surface area contributed by atoms with Crippen LogP contribution in [-0.4, -0.2) is 35.3 Å². The summed E-state index contributed by atoms with van der Waals surface area (Å²) in [7, 11) is 1.45. The molecule has 1 aliphatic heterocycles. The molecule has 2 bridgehead atoms. The molecule has 0 aromatic heterocycles. The first-order chi connectivity index (χ1) is 12.0. The molecule has 130 valence electrons. The predicted molar refractivity (Wildman–Crippen MR) is 94.1 cm³/mol. The lowest BCUT2D eigenvalue weighted by molar-refractivity contribution is -0.140. The Morgan fingerprint density at radius 2 is 1.80 bits per heavy atom. The summed E-state index contributed by atoms with van der Waals surface area (Å²) in [4.78, 5) is 25.4. The second kappa shape index (κ2) is 5.98. The fourth-order valence-corrected chi connectivity index (χ4v) is 4.58. The number of benzene rings is 1. The highest BCUT2D eigenvalue weighted by molar-refractivity contribution is 9.10. The number of amides is 2. The van der Waals surface area contributed by atoms with Crippen LogP contribution >= 0.6 is 15.9 Å². The van der Waals surface area contributed by atoms with Crippen molar-refractivity contribution < 1.29 is 19.4 Å². The van der Waals surface area contributed by atoms with Gasteiger partial charge in [0.2, 0.25) is 0 Å². The topological polar surface area (TPSA) is 79.2 Å². The van der Waals surface area contributed by atoms with Crippen molar-refractivity contribution in [2.24, 2.45) is 28.8 Å². The standard InChI is InChI=1S/C18H17BrN2O4/c1-25-13-7-9(6-12(19)16(13)22)8-20-21-17(23)14-10-2-3-11(5-4-10)15(14)18(21)24/h2-3,6-8,10-11,14-15,22H,4-5H2,1H3/b20-8-/t10-,11-,14-,15-/m1/s1. The minimum Gasteiger partial charge on any atom is -0.503 e. The third-order valence-corrected chi connectivity index (χ3v) is 5.93. The number of methoxy groups -OCH3 is 1. The molecule has 25 heavy (non-hydrogen) atoms. The average molecular weight is 405 g/mol. The normalized spacial score (nSPS) is 30.4. The zero-order chi connectivity index (χ0) is 17.7. The Morgan fingerprint density at radius 1 is 1.20 bits per heavy atom. The molecule has 0 spiro atoms. The Labute approximate surface area is 153 Å². The van der Waals surface area contributed by atoms with Gasteiger partial charge in [-0.2, -0.15) is 10.1 Å². The number of phenols is 1. The van der Waals surface area contributed by atoms with Crippen molar-refractivity contribution in [1.29, 1.82) is 0 Å². The number of rotatable bonds is 3. The zero-order valence-corrected chi connectivity index (χ0v) is 15.1.